The molecule has 2 unspecified atom stereocenters. The van der Waals surface area contributed by atoms with Crippen molar-refractivity contribution in [3.8, 4) is 0 Å². The zero-order valence-corrected chi connectivity index (χ0v) is 14.8. The summed E-state index contributed by atoms with van der Waals surface area (Å²) in [5.41, 5.74) is 0. The van der Waals surface area contributed by atoms with Gasteiger partial charge in [-0.15, -0.1) is 0 Å². The Labute approximate surface area is 136 Å². The molecule has 2 rings (SSSR count). The van der Waals surface area contributed by atoms with Crippen molar-refractivity contribution in [3.63, 3.8) is 0 Å². The summed E-state index contributed by atoms with van der Waals surface area (Å²) in [6.07, 6.45) is 8.27. The minimum absolute atomic E-state index is 0.395. The van der Waals surface area contributed by atoms with E-state index in [4.69, 9.17) is 0 Å². The SMILES string of the molecule is CC(CC(=O)N(CCN(C)C)C1CCCC1)C1CCCNC1. The van der Waals surface area contributed by atoms with Crippen LogP contribution in [0.25, 0.3) is 0 Å². The molecule has 1 N–H and O–H groups in total. The quantitative estimate of drug-likeness (QED) is 0.784. The van der Waals surface area contributed by atoms with E-state index in [1.54, 1.807) is 0 Å². The lowest BCUT2D eigenvalue weighted by molar-refractivity contribution is -0.135. The second-order valence-electron chi connectivity index (χ2n) is 7.62. The highest BCUT2D eigenvalue weighted by Crippen LogP contribution is 2.27. The monoisotopic (exact) mass is 309 g/mol. The molecule has 1 saturated heterocycles. The van der Waals surface area contributed by atoms with Crippen molar-refractivity contribution in [3.05, 3.63) is 0 Å². The molecule has 128 valence electrons. The highest BCUT2D eigenvalue weighted by molar-refractivity contribution is 5.76. The Kier molecular flexibility index (Phi) is 7.16. The second kappa shape index (κ2) is 8.88. The van der Waals surface area contributed by atoms with Gasteiger partial charge in [-0.25, -0.2) is 0 Å². The predicted octanol–water partition coefficient (Wildman–Crippen LogP) is 2.34. The Balaban J connectivity index is 1.88. The fourth-order valence-electron chi connectivity index (χ4n) is 3.96. The van der Waals surface area contributed by atoms with Crippen LogP contribution in [0.2, 0.25) is 0 Å². The Morgan fingerprint density at radius 3 is 2.45 bits per heavy atom. The third-order valence-electron chi connectivity index (χ3n) is 5.51. The average molecular weight is 309 g/mol. The molecule has 1 aliphatic heterocycles. The number of carbonyl (C=O) groups excluding carboxylic acids is 1. The first-order valence-electron chi connectivity index (χ1n) is 9.23. The molecule has 1 amide bonds. The third-order valence-corrected chi connectivity index (χ3v) is 5.51. The topological polar surface area (TPSA) is 35.6 Å². The Morgan fingerprint density at radius 1 is 1.14 bits per heavy atom. The fourth-order valence-corrected chi connectivity index (χ4v) is 3.96. The van der Waals surface area contributed by atoms with Gasteiger partial charge in [0.1, 0.15) is 0 Å². The molecule has 2 aliphatic rings. The van der Waals surface area contributed by atoms with Crippen molar-refractivity contribution >= 4 is 5.91 Å². The molecule has 22 heavy (non-hydrogen) atoms. The zero-order valence-electron chi connectivity index (χ0n) is 14.8. The van der Waals surface area contributed by atoms with Crippen LogP contribution >= 0.6 is 0 Å². The van der Waals surface area contributed by atoms with E-state index < -0.39 is 0 Å². The van der Waals surface area contributed by atoms with Crippen LogP contribution in [0.1, 0.15) is 51.9 Å². The minimum atomic E-state index is 0.395. The molecule has 1 aliphatic carbocycles. The predicted molar refractivity (Wildman–Crippen MR) is 91.9 cm³/mol. The van der Waals surface area contributed by atoms with E-state index >= 15 is 0 Å². The first kappa shape index (κ1) is 17.7. The summed E-state index contributed by atoms with van der Waals surface area (Å²) in [6.45, 7) is 6.38. The molecule has 0 spiro atoms. The van der Waals surface area contributed by atoms with Crippen molar-refractivity contribution in [2.75, 3.05) is 40.3 Å². The number of hydrogen-bond donors (Lipinski definition) is 1. The largest absolute Gasteiger partial charge is 0.338 e. The fraction of sp³-hybridized carbons (Fsp3) is 0.944. The molecule has 1 saturated carbocycles. The van der Waals surface area contributed by atoms with Gasteiger partial charge in [0.05, 0.1) is 0 Å². The molecule has 0 aromatic carbocycles. The van der Waals surface area contributed by atoms with Crippen molar-refractivity contribution in [2.24, 2.45) is 11.8 Å². The van der Waals surface area contributed by atoms with Crippen LogP contribution in [0, 0.1) is 11.8 Å². The Hall–Kier alpha value is -0.610. The molecular formula is C18H35N3O. The molecule has 0 aromatic heterocycles. The summed E-state index contributed by atoms with van der Waals surface area (Å²) in [6, 6.07) is 0.504. The number of nitrogens with zero attached hydrogens (tertiary/aromatic N) is 2. The summed E-state index contributed by atoms with van der Waals surface area (Å²) >= 11 is 0. The van der Waals surface area contributed by atoms with E-state index in [0.29, 0.717) is 23.8 Å². The van der Waals surface area contributed by atoms with Gasteiger partial charge in [0.25, 0.3) is 0 Å². The number of nitrogens with one attached hydrogen (secondary N) is 1. The van der Waals surface area contributed by atoms with Gasteiger partial charge in [-0.2, -0.15) is 0 Å². The lowest BCUT2D eigenvalue weighted by Gasteiger charge is -2.33. The summed E-state index contributed by atoms with van der Waals surface area (Å²) in [5.74, 6) is 1.58. The Bertz CT molecular complexity index is 333. The minimum Gasteiger partial charge on any atom is -0.338 e. The summed E-state index contributed by atoms with van der Waals surface area (Å²) in [7, 11) is 4.18. The lowest BCUT2D eigenvalue weighted by atomic mass is 9.85. The van der Waals surface area contributed by atoms with Gasteiger partial charge in [-0.05, 0) is 64.7 Å². The van der Waals surface area contributed by atoms with E-state index in [0.717, 1.165) is 32.6 Å². The van der Waals surface area contributed by atoms with Gasteiger partial charge < -0.3 is 15.1 Å². The summed E-state index contributed by atoms with van der Waals surface area (Å²) in [5, 5.41) is 3.48. The van der Waals surface area contributed by atoms with Crippen LogP contribution in [0.3, 0.4) is 0 Å². The molecule has 0 bridgehead atoms. The van der Waals surface area contributed by atoms with Crippen LogP contribution < -0.4 is 5.32 Å². The molecule has 2 atom stereocenters. The van der Waals surface area contributed by atoms with Crippen molar-refractivity contribution in [1.29, 1.82) is 0 Å². The highest BCUT2D eigenvalue weighted by atomic mass is 16.2. The summed E-state index contributed by atoms with van der Waals surface area (Å²) < 4.78 is 0. The lowest BCUT2D eigenvalue weighted by Crippen LogP contribution is -2.44. The van der Waals surface area contributed by atoms with Crippen molar-refractivity contribution < 1.29 is 4.79 Å². The van der Waals surface area contributed by atoms with Gasteiger partial charge >= 0.3 is 0 Å². The van der Waals surface area contributed by atoms with Crippen LogP contribution in [-0.2, 0) is 4.79 Å². The van der Waals surface area contributed by atoms with E-state index in [9.17, 15) is 4.79 Å². The van der Waals surface area contributed by atoms with E-state index in [-0.39, 0.29) is 0 Å². The molecule has 1 heterocycles. The maximum Gasteiger partial charge on any atom is 0.223 e. The van der Waals surface area contributed by atoms with Gasteiger partial charge in [0.2, 0.25) is 5.91 Å². The number of hydrogen-bond acceptors (Lipinski definition) is 3. The number of carbonyl (C=O) groups is 1. The molecule has 4 nitrogen and oxygen atoms in total. The smallest absolute Gasteiger partial charge is 0.223 e. The van der Waals surface area contributed by atoms with Crippen LogP contribution in [-0.4, -0.2) is 62.0 Å². The van der Waals surface area contributed by atoms with E-state index in [1.165, 1.54) is 38.5 Å². The number of piperidine rings is 1. The first-order chi connectivity index (χ1) is 10.6. The highest BCUT2D eigenvalue weighted by Gasteiger charge is 2.29. The van der Waals surface area contributed by atoms with Gasteiger partial charge in [0.15, 0.2) is 0 Å². The van der Waals surface area contributed by atoms with E-state index in [2.05, 4.69) is 36.1 Å². The van der Waals surface area contributed by atoms with Crippen LogP contribution in [0.5, 0.6) is 0 Å². The van der Waals surface area contributed by atoms with E-state index in [1.807, 2.05) is 0 Å². The molecule has 4 heteroatoms. The first-order valence-corrected chi connectivity index (χ1v) is 9.23. The van der Waals surface area contributed by atoms with Gasteiger partial charge in [-0.3, -0.25) is 4.79 Å². The van der Waals surface area contributed by atoms with Gasteiger partial charge in [0, 0.05) is 25.6 Å². The van der Waals surface area contributed by atoms with Crippen LogP contribution in [0.15, 0.2) is 0 Å². The molecule has 0 aromatic rings. The number of amides is 1. The van der Waals surface area contributed by atoms with Crippen molar-refractivity contribution in [2.45, 2.75) is 57.9 Å². The molecular weight excluding hydrogens is 274 g/mol. The number of likely N-dealkylation sites (N-methyl/N-ethyl adjacent to an activating group) is 1. The normalized spacial score (nSPS) is 24.6. The maximum absolute atomic E-state index is 12.9. The standard InChI is InChI=1S/C18H35N3O/c1-15(16-7-6-10-19-14-16)13-18(22)21(12-11-20(2)3)17-8-4-5-9-17/h15-17,19H,4-14H2,1-3H3. The Morgan fingerprint density at radius 2 is 1.86 bits per heavy atom. The zero-order chi connectivity index (χ0) is 15.9. The summed E-state index contributed by atoms with van der Waals surface area (Å²) in [4.78, 5) is 17.3. The number of rotatable bonds is 7. The van der Waals surface area contributed by atoms with Crippen LogP contribution in [0.4, 0.5) is 0 Å². The van der Waals surface area contributed by atoms with Gasteiger partial charge in [-0.1, -0.05) is 19.8 Å². The maximum atomic E-state index is 12.9. The van der Waals surface area contributed by atoms with Crippen molar-refractivity contribution in [1.82, 2.24) is 15.1 Å². The molecule has 0 radical (unpaired) electrons. The molecule has 2 fully saturated rings. The average Bonchev–Trinajstić information content (AvgIpc) is 3.02. The third kappa shape index (κ3) is 5.24. The second-order valence-corrected chi connectivity index (χ2v) is 7.62.